The maximum atomic E-state index is 13.1. The second-order valence-electron chi connectivity index (χ2n) is 7.74. The SMILES string of the molecule is CCCCN(CC)C(=O)Cc1c(C2CCCC2)c(=O)[nH]c2cc(OC)ccc12. The zero-order chi connectivity index (χ0) is 20.1. The van der Waals surface area contributed by atoms with Crippen LogP contribution >= 0.6 is 0 Å². The average molecular weight is 385 g/mol. The van der Waals surface area contributed by atoms with Crippen molar-refractivity contribution in [3.63, 3.8) is 0 Å². The normalized spacial score (nSPS) is 14.5. The van der Waals surface area contributed by atoms with Gasteiger partial charge >= 0.3 is 0 Å². The Labute approximate surface area is 167 Å². The highest BCUT2D eigenvalue weighted by Crippen LogP contribution is 2.36. The number of fused-ring (bicyclic) bond motifs is 1. The van der Waals surface area contributed by atoms with Gasteiger partial charge < -0.3 is 14.6 Å². The van der Waals surface area contributed by atoms with Crippen molar-refractivity contribution < 1.29 is 9.53 Å². The number of unbranched alkanes of at least 4 members (excludes halogenated alkanes) is 1. The number of aromatic nitrogens is 1. The number of methoxy groups -OCH3 is 1. The molecule has 1 heterocycles. The number of amides is 1. The Hall–Kier alpha value is -2.30. The summed E-state index contributed by atoms with van der Waals surface area (Å²) >= 11 is 0. The van der Waals surface area contributed by atoms with Crippen LogP contribution in [0.3, 0.4) is 0 Å². The fraction of sp³-hybridized carbons (Fsp3) is 0.565. The van der Waals surface area contributed by atoms with Crippen LogP contribution in [0.25, 0.3) is 10.9 Å². The molecule has 0 saturated heterocycles. The van der Waals surface area contributed by atoms with E-state index in [2.05, 4.69) is 11.9 Å². The summed E-state index contributed by atoms with van der Waals surface area (Å²) in [6, 6.07) is 5.73. The van der Waals surface area contributed by atoms with E-state index in [1.807, 2.05) is 30.0 Å². The monoisotopic (exact) mass is 384 g/mol. The van der Waals surface area contributed by atoms with Gasteiger partial charge in [0.1, 0.15) is 5.75 Å². The van der Waals surface area contributed by atoms with Gasteiger partial charge in [-0.05, 0) is 49.8 Å². The van der Waals surface area contributed by atoms with Gasteiger partial charge in [0.15, 0.2) is 0 Å². The molecule has 1 amide bonds. The molecular formula is C23H32N2O3. The molecule has 1 aromatic heterocycles. The van der Waals surface area contributed by atoms with Crippen LogP contribution in [0.15, 0.2) is 23.0 Å². The van der Waals surface area contributed by atoms with Gasteiger partial charge in [0, 0.05) is 30.1 Å². The number of pyridine rings is 1. The van der Waals surface area contributed by atoms with Gasteiger partial charge in [-0.3, -0.25) is 9.59 Å². The Morgan fingerprint density at radius 2 is 2.00 bits per heavy atom. The lowest BCUT2D eigenvalue weighted by molar-refractivity contribution is -0.130. The summed E-state index contributed by atoms with van der Waals surface area (Å²) in [5, 5.41) is 0.960. The molecule has 1 aliphatic rings. The molecule has 0 spiro atoms. The predicted molar refractivity (Wildman–Crippen MR) is 113 cm³/mol. The van der Waals surface area contributed by atoms with Crippen molar-refractivity contribution in [2.24, 2.45) is 0 Å². The highest BCUT2D eigenvalue weighted by Gasteiger charge is 2.26. The van der Waals surface area contributed by atoms with E-state index in [1.165, 1.54) is 0 Å². The Morgan fingerprint density at radius 3 is 2.64 bits per heavy atom. The van der Waals surface area contributed by atoms with Crippen LogP contribution < -0.4 is 10.3 Å². The molecule has 1 aliphatic carbocycles. The quantitative estimate of drug-likeness (QED) is 0.734. The molecule has 1 aromatic carbocycles. The molecule has 1 N–H and O–H groups in total. The van der Waals surface area contributed by atoms with Gasteiger partial charge in [-0.25, -0.2) is 0 Å². The second kappa shape index (κ2) is 9.26. The van der Waals surface area contributed by atoms with Gasteiger partial charge in [-0.1, -0.05) is 26.2 Å². The summed E-state index contributed by atoms with van der Waals surface area (Å²) in [6.45, 7) is 5.63. The molecule has 5 heteroatoms. The standard InChI is InChI=1S/C23H32N2O3/c1-4-6-13-25(5-2)21(26)15-19-18-12-11-17(28-3)14-20(18)24-23(27)22(19)16-9-7-8-10-16/h11-12,14,16H,4-10,13,15H2,1-3H3,(H,24,27). The molecular weight excluding hydrogens is 352 g/mol. The Morgan fingerprint density at radius 1 is 1.25 bits per heavy atom. The lowest BCUT2D eigenvalue weighted by Crippen LogP contribution is -2.34. The minimum Gasteiger partial charge on any atom is -0.497 e. The molecule has 152 valence electrons. The molecule has 0 aliphatic heterocycles. The number of benzene rings is 1. The van der Waals surface area contributed by atoms with E-state index in [9.17, 15) is 9.59 Å². The third kappa shape index (κ3) is 4.23. The lowest BCUT2D eigenvalue weighted by Gasteiger charge is -2.23. The Balaban J connectivity index is 2.07. The van der Waals surface area contributed by atoms with Crippen molar-refractivity contribution in [2.45, 2.75) is 64.7 Å². The van der Waals surface area contributed by atoms with Gasteiger partial charge in [0.25, 0.3) is 5.56 Å². The molecule has 2 aromatic rings. The van der Waals surface area contributed by atoms with E-state index in [-0.39, 0.29) is 23.8 Å². The number of nitrogens with one attached hydrogen (secondary N) is 1. The highest BCUT2D eigenvalue weighted by molar-refractivity contribution is 5.90. The number of hydrogen-bond donors (Lipinski definition) is 1. The highest BCUT2D eigenvalue weighted by atomic mass is 16.5. The number of likely N-dealkylation sites (N-methyl/N-ethyl adjacent to an activating group) is 1. The fourth-order valence-electron chi connectivity index (χ4n) is 4.40. The van der Waals surface area contributed by atoms with Crippen LogP contribution in [0.2, 0.25) is 0 Å². The van der Waals surface area contributed by atoms with Crippen LogP contribution in [0.5, 0.6) is 5.75 Å². The van der Waals surface area contributed by atoms with Crippen molar-refractivity contribution in [3.05, 3.63) is 39.7 Å². The molecule has 28 heavy (non-hydrogen) atoms. The minimum absolute atomic E-state index is 0.0490. The molecule has 1 saturated carbocycles. The third-order valence-electron chi connectivity index (χ3n) is 5.98. The van der Waals surface area contributed by atoms with E-state index in [0.29, 0.717) is 12.3 Å². The number of aromatic amines is 1. The number of ether oxygens (including phenoxy) is 1. The average Bonchev–Trinajstić information content (AvgIpc) is 3.22. The third-order valence-corrected chi connectivity index (χ3v) is 5.98. The van der Waals surface area contributed by atoms with Crippen LogP contribution in [-0.4, -0.2) is 36.0 Å². The van der Waals surface area contributed by atoms with Gasteiger partial charge in [-0.2, -0.15) is 0 Å². The van der Waals surface area contributed by atoms with E-state index in [4.69, 9.17) is 4.74 Å². The summed E-state index contributed by atoms with van der Waals surface area (Å²) in [5.41, 5.74) is 2.43. The van der Waals surface area contributed by atoms with E-state index >= 15 is 0 Å². The first-order valence-electron chi connectivity index (χ1n) is 10.6. The molecule has 0 radical (unpaired) electrons. The van der Waals surface area contributed by atoms with Crippen molar-refractivity contribution in [2.75, 3.05) is 20.2 Å². The van der Waals surface area contributed by atoms with Crippen molar-refractivity contribution in [3.8, 4) is 5.75 Å². The first kappa shape index (κ1) is 20.4. The number of rotatable bonds is 8. The first-order valence-corrected chi connectivity index (χ1v) is 10.6. The zero-order valence-corrected chi connectivity index (χ0v) is 17.3. The van der Waals surface area contributed by atoms with E-state index in [1.54, 1.807) is 7.11 Å². The number of carbonyl (C=O) groups excluding carboxylic acids is 1. The maximum absolute atomic E-state index is 13.1. The molecule has 0 atom stereocenters. The predicted octanol–water partition coefficient (Wildman–Crippen LogP) is 4.39. The van der Waals surface area contributed by atoms with Gasteiger partial charge in [0.2, 0.25) is 5.91 Å². The molecule has 1 fully saturated rings. The number of nitrogens with zero attached hydrogens (tertiary/aromatic N) is 1. The Kier molecular flexibility index (Phi) is 6.76. The summed E-state index contributed by atoms with van der Waals surface area (Å²) in [6.07, 6.45) is 6.70. The van der Waals surface area contributed by atoms with E-state index < -0.39 is 0 Å². The smallest absolute Gasteiger partial charge is 0.252 e. The van der Waals surface area contributed by atoms with Crippen LogP contribution in [-0.2, 0) is 11.2 Å². The van der Waals surface area contributed by atoms with Crippen LogP contribution in [0.1, 0.15) is 69.4 Å². The minimum atomic E-state index is -0.0490. The van der Waals surface area contributed by atoms with Crippen molar-refractivity contribution >= 4 is 16.8 Å². The van der Waals surface area contributed by atoms with Crippen LogP contribution in [0, 0.1) is 0 Å². The summed E-state index contributed by atoms with van der Waals surface area (Å²) in [7, 11) is 1.61. The summed E-state index contributed by atoms with van der Waals surface area (Å²) in [5.74, 6) is 1.06. The largest absolute Gasteiger partial charge is 0.497 e. The molecule has 0 unspecified atom stereocenters. The Bertz CT molecular complexity index is 881. The summed E-state index contributed by atoms with van der Waals surface area (Å²) < 4.78 is 5.32. The number of carbonyl (C=O) groups is 1. The van der Waals surface area contributed by atoms with Crippen molar-refractivity contribution in [1.29, 1.82) is 0 Å². The molecule has 3 rings (SSSR count). The van der Waals surface area contributed by atoms with E-state index in [0.717, 1.165) is 67.1 Å². The fourth-order valence-corrected chi connectivity index (χ4v) is 4.40. The molecule has 5 nitrogen and oxygen atoms in total. The summed E-state index contributed by atoms with van der Waals surface area (Å²) in [4.78, 5) is 31.1. The van der Waals surface area contributed by atoms with Gasteiger partial charge in [0.05, 0.1) is 19.0 Å². The van der Waals surface area contributed by atoms with Gasteiger partial charge in [-0.15, -0.1) is 0 Å². The van der Waals surface area contributed by atoms with Crippen LogP contribution in [0.4, 0.5) is 0 Å². The first-order chi connectivity index (χ1) is 13.6. The lowest BCUT2D eigenvalue weighted by atomic mass is 9.90. The van der Waals surface area contributed by atoms with Crippen molar-refractivity contribution in [1.82, 2.24) is 9.88 Å². The number of H-pyrrole nitrogens is 1. The number of hydrogen-bond acceptors (Lipinski definition) is 3. The molecule has 0 bridgehead atoms. The zero-order valence-electron chi connectivity index (χ0n) is 17.3. The second-order valence-corrected chi connectivity index (χ2v) is 7.74. The maximum Gasteiger partial charge on any atom is 0.252 e. The topological polar surface area (TPSA) is 62.4 Å².